The molecule has 1 aromatic heterocycles. The van der Waals surface area contributed by atoms with Crippen LogP contribution in [0.4, 0.5) is 4.79 Å². The summed E-state index contributed by atoms with van der Waals surface area (Å²) in [4.78, 5) is 31.2. The number of carbonyl (C=O) groups is 2. The molecule has 1 N–H and O–H groups in total. The maximum absolute atomic E-state index is 12.8. The van der Waals surface area contributed by atoms with Gasteiger partial charge in [-0.05, 0) is 58.9 Å². The number of carbonyl (C=O) groups excluding carboxylic acids is 2. The van der Waals surface area contributed by atoms with Crippen LogP contribution in [0.25, 0.3) is 11.4 Å². The molecule has 0 saturated carbocycles. The van der Waals surface area contributed by atoms with Crippen molar-refractivity contribution in [1.82, 2.24) is 20.4 Å². The highest BCUT2D eigenvalue weighted by molar-refractivity contribution is 5.85. The highest BCUT2D eigenvalue weighted by atomic mass is 16.6. The van der Waals surface area contributed by atoms with E-state index in [1.807, 2.05) is 31.2 Å². The van der Waals surface area contributed by atoms with Crippen molar-refractivity contribution < 1.29 is 18.8 Å². The summed E-state index contributed by atoms with van der Waals surface area (Å²) >= 11 is 0. The van der Waals surface area contributed by atoms with E-state index in [1.54, 1.807) is 32.6 Å². The molecule has 168 valence electrons. The Hall–Kier alpha value is -2.90. The number of benzene rings is 1. The second kappa shape index (κ2) is 9.49. The summed E-state index contributed by atoms with van der Waals surface area (Å²) in [6.45, 7) is 10.3. The number of likely N-dealkylation sites (tertiary alicyclic amines) is 1. The zero-order chi connectivity index (χ0) is 22.6. The topological polar surface area (TPSA) is 97.6 Å². The number of rotatable bonds is 5. The van der Waals surface area contributed by atoms with Gasteiger partial charge in [0.05, 0.1) is 0 Å². The summed E-state index contributed by atoms with van der Waals surface area (Å²) in [7, 11) is 0. The van der Waals surface area contributed by atoms with Crippen LogP contribution in [0.5, 0.6) is 0 Å². The molecule has 1 fully saturated rings. The first-order valence-electron chi connectivity index (χ1n) is 10.8. The highest BCUT2D eigenvalue weighted by Crippen LogP contribution is 2.24. The van der Waals surface area contributed by atoms with Gasteiger partial charge in [0.15, 0.2) is 0 Å². The number of piperidine rings is 1. The molecule has 31 heavy (non-hydrogen) atoms. The molecule has 1 aliphatic heterocycles. The van der Waals surface area contributed by atoms with Crippen molar-refractivity contribution in [2.45, 2.75) is 65.5 Å². The third-order valence-corrected chi connectivity index (χ3v) is 5.25. The molecule has 1 aliphatic rings. The molecular weight excluding hydrogens is 396 g/mol. The van der Waals surface area contributed by atoms with Gasteiger partial charge in [0.1, 0.15) is 11.6 Å². The Balaban J connectivity index is 1.56. The van der Waals surface area contributed by atoms with Crippen LogP contribution in [0.15, 0.2) is 28.8 Å². The standard InChI is InChI=1S/C23H32N4O4/c1-15-9-6-7-11-18(15)20-25-19(31-26-20)13-17-10-8-12-27(14-17)21(28)16(2)24-22(29)30-23(3,4)5/h6-7,9,11,16-17H,8,10,12-14H2,1-5H3,(H,24,29)/t16-,17+/m0/s1. The van der Waals surface area contributed by atoms with E-state index in [9.17, 15) is 9.59 Å². The van der Waals surface area contributed by atoms with Gasteiger partial charge >= 0.3 is 6.09 Å². The fourth-order valence-corrected chi connectivity index (χ4v) is 3.77. The van der Waals surface area contributed by atoms with Crippen molar-refractivity contribution in [3.8, 4) is 11.4 Å². The first-order valence-corrected chi connectivity index (χ1v) is 10.8. The molecule has 2 heterocycles. The molecular formula is C23H32N4O4. The average molecular weight is 429 g/mol. The smallest absolute Gasteiger partial charge is 0.408 e. The quantitative estimate of drug-likeness (QED) is 0.779. The number of ether oxygens (including phenoxy) is 1. The van der Waals surface area contributed by atoms with Crippen LogP contribution in [-0.4, -0.2) is 51.8 Å². The van der Waals surface area contributed by atoms with Gasteiger partial charge < -0.3 is 19.5 Å². The number of hydrogen-bond donors (Lipinski definition) is 1. The Morgan fingerprint density at radius 2 is 2.06 bits per heavy atom. The van der Waals surface area contributed by atoms with Crippen LogP contribution >= 0.6 is 0 Å². The number of aryl methyl sites for hydroxylation is 1. The lowest BCUT2D eigenvalue weighted by Gasteiger charge is -2.34. The van der Waals surface area contributed by atoms with Gasteiger partial charge in [0.2, 0.25) is 17.6 Å². The van der Waals surface area contributed by atoms with Crippen molar-refractivity contribution in [3.63, 3.8) is 0 Å². The first kappa shape index (κ1) is 22.8. The van der Waals surface area contributed by atoms with Gasteiger partial charge in [0, 0.05) is 25.1 Å². The van der Waals surface area contributed by atoms with Gasteiger partial charge in [-0.25, -0.2) is 4.79 Å². The maximum Gasteiger partial charge on any atom is 0.408 e. The zero-order valence-corrected chi connectivity index (χ0v) is 19.0. The number of alkyl carbamates (subject to hydrolysis) is 1. The van der Waals surface area contributed by atoms with Gasteiger partial charge in [0.25, 0.3) is 0 Å². The van der Waals surface area contributed by atoms with Crippen LogP contribution in [0, 0.1) is 12.8 Å². The minimum absolute atomic E-state index is 0.110. The predicted molar refractivity (Wildman–Crippen MR) is 116 cm³/mol. The van der Waals surface area contributed by atoms with Crippen molar-refractivity contribution >= 4 is 12.0 Å². The second-order valence-electron chi connectivity index (χ2n) is 9.19. The molecule has 0 radical (unpaired) electrons. The molecule has 2 atom stereocenters. The molecule has 1 aromatic carbocycles. The number of amides is 2. The number of aromatic nitrogens is 2. The van der Waals surface area contributed by atoms with Crippen LogP contribution in [-0.2, 0) is 16.0 Å². The van der Waals surface area contributed by atoms with Crippen molar-refractivity contribution in [2.75, 3.05) is 13.1 Å². The molecule has 0 unspecified atom stereocenters. The highest BCUT2D eigenvalue weighted by Gasteiger charge is 2.29. The first-order chi connectivity index (χ1) is 14.6. The normalized spacial score (nSPS) is 17.8. The van der Waals surface area contributed by atoms with Gasteiger partial charge in [-0.2, -0.15) is 4.98 Å². The Morgan fingerprint density at radius 1 is 1.32 bits per heavy atom. The molecule has 2 aromatic rings. The third-order valence-electron chi connectivity index (χ3n) is 5.25. The molecule has 1 saturated heterocycles. The summed E-state index contributed by atoms with van der Waals surface area (Å²) < 4.78 is 10.7. The lowest BCUT2D eigenvalue weighted by Crippen LogP contribution is -2.51. The van der Waals surface area contributed by atoms with Crippen molar-refractivity contribution in [2.24, 2.45) is 5.92 Å². The SMILES string of the molecule is Cc1ccccc1-c1noc(C[C@H]2CCCN(C(=O)[C@H](C)NC(=O)OC(C)(C)C)C2)n1. The Kier molecular flexibility index (Phi) is 6.97. The lowest BCUT2D eigenvalue weighted by molar-refractivity contribution is -0.134. The summed E-state index contributed by atoms with van der Waals surface area (Å²) in [6.07, 6.45) is 1.92. The van der Waals surface area contributed by atoms with Crippen LogP contribution in [0.3, 0.4) is 0 Å². The summed E-state index contributed by atoms with van der Waals surface area (Å²) in [6, 6.07) is 7.28. The van der Waals surface area contributed by atoms with E-state index in [1.165, 1.54) is 0 Å². The van der Waals surface area contributed by atoms with Crippen LogP contribution < -0.4 is 5.32 Å². The fourth-order valence-electron chi connectivity index (χ4n) is 3.77. The maximum atomic E-state index is 12.8. The number of nitrogens with zero attached hydrogens (tertiary/aromatic N) is 3. The molecule has 3 rings (SSSR count). The van der Waals surface area contributed by atoms with E-state index in [2.05, 4.69) is 15.5 Å². The summed E-state index contributed by atoms with van der Waals surface area (Å²) in [5.74, 6) is 1.29. The minimum atomic E-state index is -0.648. The lowest BCUT2D eigenvalue weighted by atomic mass is 9.94. The van der Waals surface area contributed by atoms with Crippen molar-refractivity contribution in [3.05, 3.63) is 35.7 Å². The predicted octanol–water partition coefficient (Wildman–Crippen LogP) is 3.74. The van der Waals surface area contributed by atoms with Gasteiger partial charge in [-0.3, -0.25) is 4.79 Å². The molecule has 2 amide bonds. The van der Waals surface area contributed by atoms with Crippen LogP contribution in [0.1, 0.15) is 52.0 Å². The summed E-state index contributed by atoms with van der Waals surface area (Å²) in [5.41, 5.74) is 1.44. The third kappa shape index (κ3) is 6.29. The molecule has 0 aliphatic carbocycles. The number of nitrogens with one attached hydrogen (secondary N) is 1. The molecule has 0 spiro atoms. The Bertz CT molecular complexity index is 918. The average Bonchev–Trinajstić information content (AvgIpc) is 3.14. The minimum Gasteiger partial charge on any atom is -0.444 e. The van der Waals surface area contributed by atoms with Gasteiger partial charge in [-0.15, -0.1) is 0 Å². The Morgan fingerprint density at radius 3 is 2.77 bits per heavy atom. The Labute approximate surface area is 183 Å². The van der Waals surface area contributed by atoms with E-state index in [0.717, 1.165) is 24.0 Å². The van der Waals surface area contributed by atoms with E-state index < -0.39 is 17.7 Å². The van der Waals surface area contributed by atoms with Crippen molar-refractivity contribution in [1.29, 1.82) is 0 Å². The van der Waals surface area contributed by atoms with E-state index in [-0.39, 0.29) is 11.8 Å². The molecule has 8 nitrogen and oxygen atoms in total. The van der Waals surface area contributed by atoms with Gasteiger partial charge in [-0.1, -0.05) is 29.4 Å². The van der Waals surface area contributed by atoms with Crippen LogP contribution in [0.2, 0.25) is 0 Å². The zero-order valence-electron chi connectivity index (χ0n) is 19.0. The van der Waals surface area contributed by atoms with E-state index in [0.29, 0.717) is 31.2 Å². The molecule has 8 heteroatoms. The largest absolute Gasteiger partial charge is 0.444 e. The monoisotopic (exact) mass is 428 g/mol. The summed E-state index contributed by atoms with van der Waals surface area (Å²) in [5, 5.41) is 6.76. The number of hydrogen-bond acceptors (Lipinski definition) is 6. The fraction of sp³-hybridized carbons (Fsp3) is 0.565. The second-order valence-corrected chi connectivity index (χ2v) is 9.19. The van der Waals surface area contributed by atoms with E-state index in [4.69, 9.17) is 9.26 Å². The van der Waals surface area contributed by atoms with E-state index >= 15 is 0 Å². The molecule has 0 bridgehead atoms.